The first-order chi connectivity index (χ1) is 15.0. The molecule has 8 heteroatoms. The Morgan fingerprint density at radius 3 is 2.28 bits per heavy atom. The van der Waals surface area contributed by atoms with Crippen LogP contribution in [0.15, 0.2) is 54.6 Å². The molecule has 3 aromatic rings. The lowest BCUT2D eigenvalue weighted by molar-refractivity contribution is -0.870. The molecule has 0 radical (unpaired) electrons. The van der Waals surface area contributed by atoms with Gasteiger partial charge >= 0.3 is 5.97 Å². The van der Waals surface area contributed by atoms with E-state index in [1.807, 2.05) is 58.4 Å². The monoisotopic (exact) mass is 491 g/mol. The highest BCUT2D eigenvalue weighted by atomic mass is 35.5. The van der Waals surface area contributed by atoms with Crippen molar-refractivity contribution in [1.29, 1.82) is 0 Å². The second-order valence-corrected chi connectivity index (χ2v) is 10.5. The Balaban J connectivity index is 2.17. The van der Waals surface area contributed by atoms with Gasteiger partial charge in [-0.1, -0.05) is 53.5 Å². The van der Waals surface area contributed by atoms with E-state index in [0.29, 0.717) is 21.7 Å². The molecule has 1 unspecified atom stereocenters. The standard InChI is InChI=1S/C24H24Cl2N2O3S/c1-15(14-28(2,3)4)27(23(29)18-11-10-17(25)12-19(18)26)20-13-21(32-22(20)24(30)31)16-8-6-5-7-9-16/h5-13,15H,14H2,1-4H3/p+1. The Bertz CT molecular complexity index is 1140. The lowest BCUT2D eigenvalue weighted by Crippen LogP contribution is -2.50. The lowest BCUT2D eigenvalue weighted by Gasteiger charge is -2.34. The number of carbonyl (C=O) groups is 2. The van der Waals surface area contributed by atoms with Crippen molar-refractivity contribution < 1.29 is 19.2 Å². The number of benzene rings is 2. The largest absolute Gasteiger partial charge is 0.477 e. The number of carboxylic acid groups (broad SMARTS) is 1. The van der Waals surface area contributed by atoms with Gasteiger partial charge in [-0.25, -0.2) is 4.79 Å². The summed E-state index contributed by atoms with van der Waals surface area (Å²) in [4.78, 5) is 28.3. The second kappa shape index (κ2) is 9.63. The molecular weight excluding hydrogens is 467 g/mol. The summed E-state index contributed by atoms with van der Waals surface area (Å²) < 4.78 is 0.595. The number of hydrogen-bond donors (Lipinski definition) is 1. The maximum absolute atomic E-state index is 13.7. The predicted octanol–water partition coefficient (Wildman–Crippen LogP) is 6.16. The average Bonchev–Trinajstić information content (AvgIpc) is 3.12. The molecule has 0 saturated heterocycles. The summed E-state index contributed by atoms with van der Waals surface area (Å²) in [5, 5.41) is 10.6. The minimum atomic E-state index is -1.08. The number of thiophene rings is 1. The highest BCUT2D eigenvalue weighted by molar-refractivity contribution is 7.18. The molecular formula is C24H25Cl2N2O3S+. The Labute approximate surface area is 202 Å². The normalized spacial score (nSPS) is 12.4. The quantitative estimate of drug-likeness (QED) is 0.402. The van der Waals surface area contributed by atoms with Crippen LogP contribution in [-0.2, 0) is 0 Å². The van der Waals surface area contributed by atoms with Crippen LogP contribution < -0.4 is 4.90 Å². The van der Waals surface area contributed by atoms with E-state index in [2.05, 4.69) is 0 Å². The first-order valence-corrected chi connectivity index (χ1v) is 11.6. The molecule has 0 aliphatic carbocycles. The van der Waals surface area contributed by atoms with Gasteiger partial charge in [0, 0.05) is 9.90 Å². The Kier molecular flexibility index (Phi) is 7.30. The van der Waals surface area contributed by atoms with Crippen molar-refractivity contribution in [2.45, 2.75) is 13.0 Å². The Morgan fingerprint density at radius 2 is 1.72 bits per heavy atom. The Hall–Kier alpha value is -2.38. The van der Waals surface area contributed by atoms with Gasteiger partial charge in [0.1, 0.15) is 4.88 Å². The van der Waals surface area contributed by atoms with Crippen LogP contribution in [0.1, 0.15) is 27.0 Å². The van der Waals surface area contributed by atoms with E-state index in [-0.39, 0.29) is 27.4 Å². The van der Waals surface area contributed by atoms with Gasteiger partial charge in [0.15, 0.2) is 0 Å². The number of carboxylic acids is 1. The summed E-state index contributed by atoms with van der Waals surface area (Å²) in [6.07, 6.45) is 0. The third-order valence-electron chi connectivity index (χ3n) is 4.86. The lowest BCUT2D eigenvalue weighted by atomic mass is 10.1. The van der Waals surface area contributed by atoms with E-state index in [0.717, 1.165) is 21.8 Å². The van der Waals surface area contributed by atoms with Crippen molar-refractivity contribution in [3.8, 4) is 10.4 Å². The summed E-state index contributed by atoms with van der Waals surface area (Å²) in [5.41, 5.74) is 1.52. The molecule has 0 saturated carbocycles. The van der Waals surface area contributed by atoms with Crippen molar-refractivity contribution in [3.63, 3.8) is 0 Å². The summed E-state index contributed by atoms with van der Waals surface area (Å²) in [5.74, 6) is -1.45. The zero-order chi connectivity index (χ0) is 23.6. The molecule has 1 N–H and O–H groups in total. The third kappa shape index (κ3) is 5.51. The molecule has 0 aliphatic heterocycles. The minimum Gasteiger partial charge on any atom is -0.477 e. The fraction of sp³-hybridized carbons (Fsp3) is 0.250. The summed E-state index contributed by atoms with van der Waals surface area (Å²) in [7, 11) is 6.07. The number of aromatic carboxylic acids is 1. The van der Waals surface area contributed by atoms with Crippen LogP contribution in [0.4, 0.5) is 5.69 Å². The molecule has 0 aliphatic rings. The van der Waals surface area contributed by atoms with E-state index in [9.17, 15) is 14.7 Å². The van der Waals surface area contributed by atoms with Gasteiger partial charge in [-0.2, -0.15) is 0 Å². The molecule has 5 nitrogen and oxygen atoms in total. The fourth-order valence-corrected chi connectivity index (χ4v) is 5.16. The van der Waals surface area contributed by atoms with Gasteiger partial charge in [0.2, 0.25) is 0 Å². The summed E-state index contributed by atoms with van der Waals surface area (Å²) in [6, 6.07) is 15.7. The third-order valence-corrected chi connectivity index (χ3v) is 6.57. The smallest absolute Gasteiger partial charge is 0.348 e. The van der Waals surface area contributed by atoms with Crippen LogP contribution in [0, 0.1) is 0 Å². The van der Waals surface area contributed by atoms with Crippen molar-refractivity contribution in [2.75, 3.05) is 32.6 Å². The van der Waals surface area contributed by atoms with E-state index in [1.54, 1.807) is 23.1 Å². The zero-order valence-electron chi connectivity index (χ0n) is 18.3. The number of nitrogens with zero attached hydrogens (tertiary/aromatic N) is 2. The van der Waals surface area contributed by atoms with Crippen molar-refractivity contribution >= 4 is 52.1 Å². The average molecular weight is 492 g/mol. The molecule has 32 heavy (non-hydrogen) atoms. The number of amides is 1. The first-order valence-electron chi connectivity index (χ1n) is 9.99. The van der Waals surface area contributed by atoms with Gasteiger partial charge in [0.25, 0.3) is 5.91 Å². The van der Waals surface area contributed by atoms with Crippen molar-refractivity contribution in [3.05, 3.63) is 75.1 Å². The zero-order valence-corrected chi connectivity index (χ0v) is 20.6. The summed E-state index contributed by atoms with van der Waals surface area (Å²) in [6.45, 7) is 2.52. The maximum Gasteiger partial charge on any atom is 0.348 e. The highest BCUT2D eigenvalue weighted by Gasteiger charge is 2.33. The van der Waals surface area contributed by atoms with Crippen molar-refractivity contribution in [1.82, 2.24) is 0 Å². The molecule has 3 rings (SSSR count). The van der Waals surface area contributed by atoms with Gasteiger partial charge in [0.05, 0.1) is 50.0 Å². The molecule has 2 aromatic carbocycles. The molecule has 168 valence electrons. The van der Waals surface area contributed by atoms with Crippen LogP contribution in [0.5, 0.6) is 0 Å². The topological polar surface area (TPSA) is 57.6 Å². The van der Waals surface area contributed by atoms with Gasteiger partial charge in [-0.3, -0.25) is 9.69 Å². The van der Waals surface area contributed by atoms with Crippen LogP contribution in [0.2, 0.25) is 10.0 Å². The van der Waals surface area contributed by atoms with Gasteiger partial charge < -0.3 is 9.59 Å². The van der Waals surface area contributed by atoms with E-state index < -0.39 is 5.97 Å². The highest BCUT2D eigenvalue weighted by Crippen LogP contribution is 2.39. The molecule has 1 amide bonds. The molecule has 0 bridgehead atoms. The molecule has 1 atom stereocenters. The number of hydrogen-bond acceptors (Lipinski definition) is 3. The van der Waals surface area contributed by atoms with E-state index >= 15 is 0 Å². The van der Waals surface area contributed by atoms with Crippen molar-refractivity contribution in [2.24, 2.45) is 0 Å². The van der Waals surface area contributed by atoms with E-state index in [4.69, 9.17) is 23.2 Å². The fourth-order valence-electron chi connectivity index (χ4n) is 3.67. The van der Waals surface area contributed by atoms with Crippen LogP contribution in [-0.4, -0.2) is 55.2 Å². The first kappa shape index (κ1) is 24.3. The molecule has 0 spiro atoms. The number of rotatable bonds is 7. The predicted molar refractivity (Wildman–Crippen MR) is 132 cm³/mol. The molecule has 1 heterocycles. The van der Waals surface area contributed by atoms with Gasteiger partial charge in [-0.05, 0) is 36.8 Å². The molecule has 0 fully saturated rings. The molecule has 1 aromatic heterocycles. The number of likely N-dealkylation sites (N-methyl/N-ethyl adjacent to an activating group) is 1. The second-order valence-electron chi connectivity index (χ2n) is 8.62. The SMILES string of the molecule is CC(C[N+](C)(C)C)N(C(=O)c1ccc(Cl)cc1Cl)c1cc(-c2ccccc2)sc1C(=O)O. The van der Waals surface area contributed by atoms with Crippen LogP contribution in [0.3, 0.4) is 0 Å². The van der Waals surface area contributed by atoms with Crippen LogP contribution >= 0.6 is 34.5 Å². The minimum absolute atomic E-state index is 0.107. The van der Waals surface area contributed by atoms with E-state index in [1.165, 1.54) is 6.07 Å². The number of quaternary nitrogens is 1. The number of anilines is 1. The number of halogens is 2. The Morgan fingerprint density at radius 1 is 1.06 bits per heavy atom. The number of carbonyl (C=O) groups excluding carboxylic acids is 1. The maximum atomic E-state index is 13.7. The van der Waals surface area contributed by atoms with Gasteiger partial charge in [-0.15, -0.1) is 11.3 Å². The van der Waals surface area contributed by atoms with Crippen LogP contribution in [0.25, 0.3) is 10.4 Å². The summed E-state index contributed by atoms with van der Waals surface area (Å²) >= 11 is 13.5.